The van der Waals surface area contributed by atoms with Gasteiger partial charge in [-0.15, -0.1) is 0 Å². The predicted molar refractivity (Wildman–Crippen MR) is 65.9 cm³/mol. The van der Waals surface area contributed by atoms with Crippen molar-refractivity contribution in [1.29, 1.82) is 0 Å². The molecule has 3 heteroatoms. The lowest BCUT2D eigenvalue weighted by atomic mass is 10.1. The minimum atomic E-state index is 0.162. The molecule has 0 spiro atoms. The number of nitrogens with zero attached hydrogens (tertiary/aromatic N) is 2. The van der Waals surface area contributed by atoms with Crippen LogP contribution in [0.5, 0.6) is 0 Å². The fraction of sp³-hybridized carbons (Fsp3) is 0.385. The van der Waals surface area contributed by atoms with E-state index >= 15 is 0 Å². The van der Waals surface area contributed by atoms with Crippen LogP contribution >= 0.6 is 0 Å². The van der Waals surface area contributed by atoms with Crippen LogP contribution in [-0.2, 0) is 4.79 Å². The number of Topliss-reactive ketones (excluding diaryl/α,β-unsaturated/α-hetero) is 1. The first-order chi connectivity index (χ1) is 7.70. The van der Waals surface area contributed by atoms with E-state index in [0.717, 1.165) is 18.7 Å². The van der Waals surface area contributed by atoms with Gasteiger partial charge in [0.1, 0.15) is 5.71 Å². The third-order valence-corrected chi connectivity index (χ3v) is 2.74. The quantitative estimate of drug-likeness (QED) is 0.777. The highest BCUT2D eigenvalue weighted by molar-refractivity contribution is 6.40. The lowest BCUT2D eigenvalue weighted by Gasteiger charge is -2.13. The van der Waals surface area contributed by atoms with Gasteiger partial charge in [-0.2, -0.15) is 5.10 Å². The maximum Gasteiger partial charge on any atom is 0.178 e. The molecule has 84 valence electrons. The van der Waals surface area contributed by atoms with Gasteiger partial charge in [-0.25, -0.2) is 0 Å². The molecule has 3 nitrogen and oxygen atoms in total. The molecule has 1 aliphatic rings. The number of carbonyl (C=O) groups is 1. The van der Waals surface area contributed by atoms with Gasteiger partial charge in [0.15, 0.2) is 5.78 Å². The molecule has 0 aliphatic carbocycles. The number of benzene rings is 1. The molecule has 16 heavy (non-hydrogen) atoms. The molecular weight excluding hydrogens is 200 g/mol. The summed E-state index contributed by atoms with van der Waals surface area (Å²) in [5, 5.41) is 6.28. The first-order valence-electron chi connectivity index (χ1n) is 5.65. The summed E-state index contributed by atoms with van der Waals surface area (Å²) in [5.74, 6) is 0.162. The van der Waals surface area contributed by atoms with E-state index < -0.39 is 0 Å². The van der Waals surface area contributed by atoms with Crippen molar-refractivity contribution in [2.45, 2.75) is 26.7 Å². The number of hydrazone groups is 1. The highest BCUT2D eigenvalue weighted by Gasteiger charge is 2.20. The Labute approximate surface area is 95.8 Å². The molecule has 0 unspecified atom stereocenters. The Bertz CT molecular complexity index is 437. The Kier molecular flexibility index (Phi) is 3.04. The molecule has 0 aromatic heterocycles. The van der Waals surface area contributed by atoms with Gasteiger partial charge in [-0.05, 0) is 24.6 Å². The van der Waals surface area contributed by atoms with Gasteiger partial charge < -0.3 is 0 Å². The summed E-state index contributed by atoms with van der Waals surface area (Å²) in [6, 6.07) is 8.18. The van der Waals surface area contributed by atoms with Crippen molar-refractivity contribution in [1.82, 2.24) is 0 Å². The highest BCUT2D eigenvalue weighted by Crippen LogP contribution is 2.20. The molecule has 1 heterocycles. The van der Waals surface area contributed by atoms with Crippen molar-refractivity contribution >= 4 is 17.2 Å². The number of hydrogen-bond donors (Lipinski definition) is 0. The summed E-state index contributed by atoms with van der Waals surface area (Å²) >= 11 is 0. The average molecular weight is 216 g/mol. The molecule has 0 N–H and O–H groups in total. The van der Waals surface area contributed by atoms with Gasteiger partial charge >= 0.3 is 0 Å². The largest absolute Gasteiger partial charge is 0.293 e. The molecule has 1 aliphatic heterocycles. The van der Waals surface area contributed by atoms with Crippen molar-refractivity contribution in [3.63, 3.8) is 0 Å². The Morgan fingerprint density at radius 2 is 2.31 bits per heavy atom. The molecule has 1 aromatic carbocycles. The van der Waals surface area contributed by atoms with Gasteiger partial charge in [-0.1, -0.05) is 19.1 Å². The summed E-state index contributed by atoms with van der Waals surface area (Å²) in [7, 11) is 0. The van der Waals surface area contributed by atoms with Gasteiger partial charge in [-0.3, -0.25) is 9.80 Å². The number of hydrogen-bond acceptors (Lipinski definition) is 3. The van der Waals surface area contributed by atoms with Gasteiger partial charge in [0, 0.05) is 19.4 Å². The van der Waals surface area contributed by atoms with E-state index in [1.54, 1.807) is 0 Å². The fourth-order valence-electron chi connectivity index (χ4n) is 1.83. The van der Waals surface area contributed by atoms with Crippen molar-refractivity contribution < 1.29 is 4.79 Å². The molecule has 0 amide bonds. The molecule has 0 radical (unpaired) electrons. The van der Waals surface area contributed by atoms with Crippen molar-refractivity contribution in [3.8, 4) is 0 Å². The number of anilines is 1. The van der Waals surface area contributed by atoms with E-state index in [1.807, 2.05) is 24.1 Å². The molecule has 1 aromatic rings. The zero-order valence-corrected chi connectivity index (χ0v) is 9.73. The Morgan fingerprint density at radius 1 is 1.50 bits per heavy atom. The summed E-state index contributed by atoms with van der Waals surface area (Å²) in [6.07, 6.45) is 1.31. The van der Waals surface area contributed by atoms with Crippen LogP contribution in [0.1, 0.15) is 25.3 Å². The summed E-state index contributed by atoms with van der Waals surface area (Å²) in [6.45, 7) is 4.74. The van der Waals surface area contributed by atoms with E-state index in [4.69, 9.17) is 0 Å². The highest BCUT2D eigenvalue weighted by atomic mass is 16.1. The van der Waals surface area contributed by atoms with Crippen LogP contribution in [0.4, 0.5) is 5.69 Å². The molecular formula is C13H16N2O. The first-order valence-corrected chi connectivity index (χ1v) is 5.65. The summed E-state index contributed by atoms with van der Waals surface area (Å²) in [5.41, 5.74) is 2.99. The lowest BCUT2D eigenvalue weighted by molar-refractivity contribution is -0.112. The number of carbonyl (C=O) groups excluding carboxylic acids is 1. The Morgan fingerprint density at radius 3 is 3.00 bits per heavy atom. The minimum Gasteiger partial charge on any atom is -0.293 e. The van der Waals surface area contributed by atoms with Crippen LogP contribution in [0.2, 0.25) is 0 Å². The zero-order valence-electron chi connectivity index (χ0n) is 9.73. The molecule has 0 atom stereocenters. The number of ketones is 1. The zero-order chi connectivity index (χ0) is 11.5. The van der Waals surface area contributed by atoms with E-state index in [1.165, 1.54) is 5.56 Å². The van der Waals surface area contributed by atoms with E-state index in [2.05, 4.69) is 24.2 Å². The average Bonchev–Trinajstić information content (AvgIpc) is 2.77. The SMILES string of the molecule is CCC(=O)C1=NN(c2cccc(C)c2)CC1. The van der Waals surface area contributed by atoms with E-state index in [-0.39, 0.29) is 5.78 Å². The molecule has 0 saturated heterocycles. The maximum absolute atomic E-state index is 11.5. The second-order valence-corrected chi connectivity index (χ2v) is 4.04. The number of aryl methyl sites for hydroxylation is 1. The molecule has 0 bridgehead atoms. The van der Waals surface area contributed by atoms with Gasteiger partial charge in [0.2, 0.25) is 0 Å². The predicted octanol–water partition coefficient (Wildman–Crippen LogP) is 2.54. The number of rotatable bonds is 3. The van der Waals surface area contributed by atoms with E-state index in [9.17, 15) is 4.79 Å². The Balaban J connectivity index is 2.19. The Hall–Kier alpha value is -1.64. The summed E-state index contributed by atoms with van der Waals surface area (Å²) in [4.78, 5) is 11.5. The second kappa shape index (κ2) is 4.47. The summed E-state index contributed by atoms with van der Waals surface area (Å²) < 4.78 is 0. The molecule has 0 saturated carbocycles. The van der Waals surface area contributed by atoms with Gasteiger partial charge in [0.05, 0.1) is 5.69 Å². The third kappa shape index (κ3) is 2.13. The smallest absolute Gasteiger partial charge is 0.178 e. The van der Waals surface area contributed by atoms with Gasteiger partial charge in [0.25, 0.3) is 0 Å². The first kappa shape index (κ1) is 10.9. The molecule has 2 rings (SSSR count). The van der Waals surface area contributed by atoms with Crippen LogP contribution in [0, 0.1) is 6.92 Å². The van der Waals surface area contributed by atoms with E-state index in [0.29, 0.717) is 12.1 Å². The maximum atomic E-state index is 11.5. The second-order valence-electron chi connectivity index (χ2n) is 4.04. The third-order valence-electron chi connectivity index (χ3n) is 2.74. The standard InChI is InChI=1S/C13H16N2O/c1-3-13(16)12-7-8-15(14-12)11-6-4-5-10(2)9-11/h4-6,9H,3,7-8H2,1-2H3. The minimum absolute atomic E-state index is 0.162. The van der Waals surface area contributed by atoms with Crippen LogP contribution < -0.4 is 5.01 Å². The van der Waals surface area contributed by atoms with Crippen molar-refractivity contribution in [2.24, 2.45) is 5.10 Å². The fourth-order valence-corrected chi connectivity index (χ4v) is 1.83. The van der Waals surface area contributed by atoms with Crippen LogP contribution in [0.25, 0.3) is 0 Å². The monoisotopic (exact) mass is 216 g/mol. The lowest BCUT2D eigenvalue weighted by Crippen LogP contribution is -2.11. The molecule has 0 fully saturated rings. The van der Waals surface area contributed by atoms with Crippen molar-refractivity contribution in [3.05, 3.63) is 29.8 Å². The van der Waals surface area contributed by atoms with Crippen LogP contribution in [-0.4, -0.2) is 18.0 Å². The van der Waals surface area contributed by atoms with Crippen molar-refractivity contribution in [2.75, 3.05) is 11.6 Å². The van der Waals surface area contributed by atoms with Crippen LogP contribution in [0.3, 0.4) is 0 Å². The van der Waals surface area contributed by atoms with Crippen LogP contribution in [0.15, 0.2) is 29.4 Å². The normalized spacial score (nSPS) is 15.1. The topological polar surface area (TPSA) is 32.7 Å².